The van der Waals surface area contributed by atoms with Crippen LogP contribution in [0.25, 0.3) is 0 Å². The second kappa shape index (κ2) is 5.91. The summed E-state index contributed by atoms with van der Waals surface area (Å²) in [5.41, 5.74) is 0.341. The molecule has 8 atom stereocenters. The molecule has 5 rings (SSSR count). The molecular formula is C23H32O5. The van der Waals surface area contributed by atoms with Crippen molar-refractivity contribution in [1.29, 1.82) is 0 Å². The number of carboxylic acids is 1. The molecule has 5 nitrogen and oxygen atoms in total. The molecule has 1 spiro atoms. The lowest BCUT2D eigenvalue weighted by molar-refractivity contribution is -0.192. The van der Waals surface area contributed by atoms with E-state index in [-0.39, 0.29) is 40.0 Å². The van der Waals surface area contributed by atoms with Gasteiger partial charge in [-0.3, -0.25) is 9.59 Å². The van der Waals surface area contributed by atoms with Gasteiger partial charge in [-0.05, 0) is 74.2 Å². The van der Waals surface area contributed by atoms with Gasteiger partial charge in [0.25, 0.3) is 0 Å². The topological polar surface area (TPSA) is 83.8 Å². The van der Waals surface area contributed by atoms with E-state index >= 15 is 0 Å². The highest BCUT2D eigenvalue weighted by atomic mass is 16.5. The van der Waals surface area contributed by atoms with Gasteiger partial charge in [0.2, 0.25) is 0 Å². The van der Waals surface area contributed by atoms with Crippen LogP contribution in [0, 0.1) is 34.5 Å². The highest BCUT2D eigenvalue weighted by Crippen LogP contribution is 2.70. The van der Waals surface area contributed by atoms with E-state index in [9.17, 15) is 19.8 Å². The zero-order valence-electron chi connectivity index (χ0n) is 16.9. The molecule has 3 saturated carbocycles. The fraction of sp³-hybridized carbons (Fsp3) is 0.826. The maximum absolute atomic E-state index is 12.4. The first-order valence-electron chi connectivity index (χ1n) is 11.0. The normalized spacial score (nSPS) is 52.8. The van der Waals surface area contributed by atoms with Crippen LogP contribution in [0.2, 0.25) is 0 Å². The number of fused-ring (bicyclic) bond motifs is 6. The quantitative estimate of drug-likeness (QED) is 0.720. The summed E-state index contributed by atoms with van der Waals surface area (Å²) in [4.78, 5) is 24.4. The van der Waals surface area contributed by atoms with E-state index in [0.29, 0.717) is 19.3 Å². The minimum Gasteiger partial charge on any atom is -0.481 e. The van der Waals surface area contributed by atoms with Gasteiger partial charge in [0, 0.05) is 18.4 Å². The Bertz CT molecular complexity index is 750. The summed E-state index contributed by atoms with van der Waals surface area (Å²) >= 11 is 0. The Labute approximate surface area is 166 Å². The van der Waals surface area contributed by atoms with E-state index in [1.165, 1.54) is 0 Å². The Morgan fingerprint density at radius 3 is 2.71 bits per heavy atom. The molecule has 0 bridgehead atoms. The number of ether oxygens (including phenoxy) is 1. The third kappa shape index (κ3) is 2.21. The van der Waals surface area contributed by atoms with Gasteiger partial charge < -0.3 is 14.9 Å². The van der Waals surface area contributed by atoms with E-state index < -0.39 is 18.0 Å². The Balaban J connectivity index is 1.62. The monoisotopic (exact) mass is 388 g/mol. The molecule has 1 heterocycles. The third-order valence-corrected chi connectivity index (χ3v) is 9.67. The summed E-state index contributed by atoms with van der Waals surface area (Å²) in [5.74, 6) is -1.08. The molecule has 28 heavy (non-hydrogen) atoms. The van der Waals surface area contributed by atoms with Crippen LogP contribution in [0.3, 0.4) is 0 Å². The smallest absolute Gasteiger partial charge is 0.307 e. The molecule has 0 aromatic rings. The molecule has 5 aliphatic rings. The lowest BCUT2D eigenvalue weighted by Crippen LogP contribution is -2.62. The van der Waals surface area contributed by atoms with Crippen LogP contribution < -0.4 is 0 Å². The van der Waals surface area contributed by atoms with Gasteiger partial charge in [0.15, 0.2) is 5.78 Å². The van der Waals surface area contributed by atoms with E-state index in [0.717, 1.165) is 44.3 Å². The summed E-state index contributed by atoms with van der Waals surface area (Å²) in [5, 5.41) is 21.6. The number of aliphatic carboxylic acids is 1. The molecule has 2 N–H and O–H groups in total. The summed E-state index contributed by atoms with van der Waals surface area (Å²) in [6.45, 7) is 5.21. The predicted octanol–water partition coefficient (Wildman–Crippen LogP) is 3.35. The van der Waals surface area contributed by atoms with E-state index in [2.05, 4.69) is 13.8 Å². The SMILES string of the molecule is C[C@]12CCC(=O)C=C1C[C@@H](C(=O)O)C1C2[C@H](O)C[C@@]2(C)C1CC[C@@]21CCCO1. The Kier molecular flexibility index (Phi) is 3.97. The van der Waals surface area contributed by atoms with Crippen LogP contribution in [0.4, 0.5) is 0 Å². The van der Waals surface area contributed by atoms with Crippen LogP contribution in [-0.2, 0) is 14.3 Å². The average molecular weight is 389 g/mol. The van der Waals surface area contributed by atoms with Crippen LogP contribution in [0.5, 0.6) is 0 Å². The van der Waals surface area contributed by atoms with Gasteiger partial charge in [0.1, 0.15) is 0 Å². The van der Waals surface area contributed by atoms with E-state index in [4.69, 9.17) is 4.74 Å². The molecule has 0 radical (unpaired) electrons. The molecule has 1 saturated heterocycles. The van der Waals surface area contributed by atoms with Crippen molar-refractivity contribution in [2.75, 3.05) is 6.61 Å². The molecule has 1 aliphatic heterocycles. The molecule has 0 aromatic carbocycles. The maximum Gasteiger partial charge on any atom is 0.307 e. The van der Waals surface area contributed by atoms with Crippen molar-refractivity contribution in [3.05, 3.63) is 11.6 Å². The van der Waals surface area contributed by atoms with Crippen molar-refractivity contribution in [3.8, 4) is 0 Å². The van der Waals surface area contributed by atoms with Crippen molar-refractivity contribution in [2.24, 2.45) is 34.5 Å². The largest absolute Gasteiger partial charge is 0.481 e. The van der Waals surface area contributed by atoms with Crippen LogP contribution >= 0.6 is 0 Å². The number of ketones is 1. The zero-order valence-corrected chi connectivity index (χ0v) is 16.9. The first-order valence-corrected chi connectivity index (χ1v) is 11.0. The standard InChI is InChI=1S/C23H32O5/c1-21-7-4-14(24)10-13(21)11-15(20(26)27)18-16-5-8-23(6-3-9-28-23)22(16,2)12-17(25)19(18)21/h10,15-19,25H,3-9,11-12H2,1-2H3,(H,26,27)/t15-,16?,17-,18?,19?,21+,22+,23+/m1/s1. The summed E-state index contributed by atoms with van der Waals surface area (Å²) in [7, 11) is 0. The van der Waals surface area contributed by atoms with Crippen molar-refractivity contribution in [1.82, 2.24) is 0 Å². The molecule has 4 aliphatic carbocycles. The lowest BCUT2D eigenvalue weighted by atomic mass is 9.43. The average Bonchev–Trinajstić information content (AvgIpc) is 3.21. The lowest BCUT2D eigenvalue weighted by Gasteiger charge is -2.62. The molecule has 5 heteroatoms. The predicted molar refractivity (Wildman–Crippen MR) is 103 cm³/mol. The maximum atomic E-state index is 12.4. The number of allylic oxidation sites excluding steroid dienone is 1. The highest BCUT2D eigenvalue weighted by Gasteiger charge is 2.69. The van der Waals surface area contributed by atoms with Gasteiger partial charge in [-0.15, -0.1) is 0 Å². The van der Waals surface area contributed by atoms with E-state index in [1.807, 2.05) is 0 Å². The molecule has 3 unspecified atom stereocenters. The number of rotatable bonds is 1. The molecule has 4 fully saturated rings. The number of hydrogen-bond acceptors (Lipinski definition) is 4. The minimum atomic E-state index is -0.777. The first kappa shape index (κ1) is 18.8. The van der Waals surface area contributed by atoms with Gasteiger partial charge in [-0.25, -0.2) is 0 Å². The van der Waals surface area contributed by atoms with Crippen molar-refractivity contribution in [3.63, 3.8) is 0 Å². The Hall–Kier alpha value is -1.20. The Morgan fingerprint density at radius 1 is 1.25 bits per heavy atom. The van der Waals surface area contributed by atoms with Crippen molar-refractivity contribution in [2.45, 2.75) is 76.9 Å². The van der Waals surface area contributed by atoms with E-state index in [1.54, 1.807) is 6.08 Å². The van der Waals surface area contributed by atoms with Crippen LogP contribution in [0.1, 0.15) is 65.2 Å². The summed E-state index contributed by atoms with van der Waals surface area (Å²) in [6.07, 6.45) is 7.57. The number of carboxylic acid groups (broad SMARTS) is 1. The number of aliphatic hydroxyl groups excluding tert-OH is 1. The van der Waals surface area contributed by atoms with Crippen molar-refractivity contribution < 1.29 is 24.5 Å². The van der Waals surface area contributed by atoms with Gasteiger partial charge in [-0.2, -0.15) is 0 Å². The Morgan fingerprint density at radius 2 is 2.04 bits per heavy atom. The number of carbonyl (C=O) groups excluding carboxylic acids is 1. The molecule has 154 valence electrons. The second-order valence-corrected chi connectivity index (χ2v) is 10.6. The second-order valence-electron chi connectivity index (χ2n) is 10.6. The number of aliphatic hydroxyl groups is 1. The van der Waals surface area contributed by atoms with Gasteiger partial charge in [-0.1, -0.05) is 19.4 Å². The molecular weight excluding hydrogens is 356 g/mol. The summed E-state index contributed by atoms with van der Waals surface area (Å²) < 4.78 is 6.33. The number of hydrogen-bond donors (Lipinski definition) is 2. The first-order chi connectivity index (χ1) is 13.2. The summed E-state index contributed by atoms with van der Waals surface area (Å²) in [6, 6.07) is 0. The third-order valence-electron chi connectivity index (χ3n) is 9.67. The van der Waals surface area contributed by atoms with Gasteiger partial charge >= 0.3 is 5.97 Å². The fourth-order valence-corrected chi connectivity index (χ4v) is 8.35. The fourth-order valence-electron chi connectivity index (χ4n) is 8.35. The number of carbonyl (C=O) groups is 2. The molecule has 0 aromatic heterocycles. The van der Waals surface area contributed by atoms with Gasteiger partial charge in [0.05, 0.1) is 17.6 Å². The minimum absolute atomic E-state index is 0.0508. The molecule has 0 amide bonds. The highest BCUT2D eigenvalue weighted by molar-refractivity contribution is 5.92. The van der Waals surface area contributed by atoms with Crippen molar-refractivity contribution >= 4 is 11.8 Å². The van der Waals surface area contributed by atoms with Crippen LogP contribution in [-0.4, -0.2) is 40.3 Å². The zero-order chi connectivity index (χ0) is 19.9. The van der Waals surface area contributed by atoms with Crippen LogP contribution in [0.15, 0.2) is 11.6 Å².